The first-order chi connectivity index (χ1) is 9.31. The first kappa shape index (κ1) is 13.5. The predicted molar refractivity (Wildman–Crippen MR) is 78.0 cm³/mol. The molecule has 0 radical (unpaired) electrons. The lowest BCUT2D eigenvalue weighted by Gasteiger charge is -2.17. The molecule has 2 aromatic rings. The van der Waals surface area contributed by atoms with Crippen molar-refractivity contribution in [3.63, 3.8) is 0 Å². The number of hydrogen-bond donors (Lipinski definition) is 2. The Labute approximate surface area is 114 Å². The molecule has 1 atom stereocenters. The molecular formula is C15H20N4. The van der Waals surface area contributed by atoms with Crippen LogP contribution in [0.3, 0.4) is 0 Å². The fraction of sp³-hybridized carbons (Fsp3) is 0.333. The predicted octanol–water partition coefficient (Wildman–Crippen LogP) is 2.02. The average Bonchev–Trinajstić information content (AvgIpc) is 2.48. The second-order valence-electron chi connectivity index (χ2n) is 4.51. The van der Waals surface area contributed by atoms with Gasteiger partial charge in [0.1, 0.15) is 12.1 Å². The summed E-state index contributed by atoms with van der Waals surface area (Å²) < 4.78 is 0. The van der Waals surface area contributed by atoms with E-state index >= 15 is 0 Å². The summed E-state index contributed by atoms with van der Waals surface area (Å²) in [6.07, 6.45) is 3.39. The van der Waals surface area contributed by atoms with Gasteiger partial charge < -0.3 is 11.1 Å². The Hall–Kier alpha value is -1.94. The van der Waals surface area contributed by atoms with Gasteiger partial charge in [-0.15, -0.1) is 0 Å². The first-order valence-electron chi connectivity index (χ1n) is 6.63. The summed E-state index contributed by atoms with van der Waals surface area (Å²) in [6.45, 7) is 2.65. The minimum Gasteiger partial charge on any atom is -0.366 e. The maximum atomic E-state index is 5.83. The third kappa shape index (κ3) is 4.03. The molecule has 3 N–H and O–H groups in total. The molecule has 2 rings (SSSR count). The minimum atomic E-state index is 0.182. The van der Waals surface area contributed by atoms with E-state index < -0.39 is 0 Å². The van der Waals surface area contributed by atoms with E-state index in [1.54, 1.807) is 6.33 Å². The highest BCUT2D eigenvalue weighted by molar-refractivity contribution is 5.36. The summed E-state index contributed by atoms with van der Waals surface area (Å²) >= 11 is 0. The molecule has 1 aromatic carbocycles. The van der Waals surface area contributed by atoms with Gasteiger partial charge in [0.2, 0.25) is 0 Å². The molecule has 19 heavy (non-hydrogen) atoms. The van der Waals surface area contributed by atoms with E-state index in [0.717, 1.165) is 24.4 Å². The fourth-order valence-corrected chi connectivity index (χ4v) is 1.97. The Kier molecular flexibility index (Phi) is 4.86. The summed E-state index contributed by atoms with van der Waals surface area (Å²) in [4.78, 5) is 8.43. The largest absolute Gasteiger partial charge is 0.366 e. The van der Waals surface area contributed by atoms with Gasteiger partial charge in [0.25, 0.3) is 0 Å². The van der Waals surface area contributed by atoms with E-state index in [2.05, 4.69) is 34.3 Å². The number of anilines is 1. The highest BCUT2D eigenvalue weighted by atomic mass is 15.0. The van der Waals surface area contributed by atoms with Crippen LogP contribution in [0.4, 0.5) is 5.82 Å². The zero-order chi connectivity index (χ0) is 13.5. The standard InChI is InChI=1S/C15H20N4/c1-2-13-9-15(18-11-17-13)19-14(10-16)8-12-6-4-3-5-7-12/h3-7,9,11,14H,2,8,10,16H2,1H3,(H,17,18,19). The number of rotatable bonds is 6. The molecule has 0 saturated heterocycles. The molecule has 100 valence electrons. The van der Waals surface area contributed by atoms with Crippen molar-refractivity contribution >= 4 is 5.82 Å². The van der Waals surface area contributed by atoms with Gasteiger partial charge in [-0.2, -0.15) is 0 Å². The normalized spacial score (nSPS) is 12.1. The fourth-order valence-electron chi connectivity index (χ4n) is 1.97. The number of hydrogen-bond acceptors (Lipinski definition) is 4. The van der Waals surface area contributed by atoms with E-state index in [9.17, 15) is 0 Å². The molecule has 1 unspecified atom stereocenters. The summed E-state index contributed by atoms with van der Waals surface area (Å²) in [6, 6.07) is 12.5. The third-order valence-corrected chi connectivity index (χ3v) is 3.05. The van der Waals surface area contributed by atoms with Gasteiger partial charge in [-0.1, -0.05) is 37.3 Å². The van der Waals surface area contributed by atoms with Crippen molar-refractivity contribution in [2.75, 3.05) is 11.9 Å². The van der Waals surface area contributed by atoms with Gasteiger partial charge in [0.15, 0.2) is 0 Å². The number of nitrogens with one attached hydrogen (secondary N) is 1. The zero-order valence-corrected chi connectivity index (χ0v) is 11.2. The van der Waals surface area contributed by atoms with Gasteiger partial charge in [0.05, 0.1) is 0 Å². The number of aryl methyl sites for hydroxylation is 1. The van der Waals surface area contributed by atoms with Crippen molar-refractivity contribution in [1.29, 1.82) is 0 Å². The van der Waals surface area contributed by atoms with E-state index in [1.165, 1.54) is 5.56 Å². The third-order valence-electron chi connectivity index (χ3n) is 3.05. The van der Waals surface area contributed by atoms with E-state index in [-0.39, 0.29) is 6.04 Å². The molecule has 0 fully saturated rings. The van der Waals surface area contributed by atoms with Crippen LogP contribution < -0.4 is 11.1 Å². The highest BCUT2D eigenvalue weighted by Gasteiger charge is 2.08. The van der Waals surface area contributed by atoms with Crippen LogP contribution in [0, 0.1) is 0 Å². The van der Waals surface area contributed by atoms with Crippen LogP contribution >= 0.6 is 0 Å². The van der Waals surface area contributed by atoms with E-state index in [1.807, 2.05) is 24.3 Å². The molecule has 4 nitrogen and oxygen atoms in total. The topological polar surface area (TPSA) is 63.8 Å². The van der Waals surface area contributed by atoms with Crippen LogP contribution in [0.5, 0.6) is 0 Å². The molecule has 0 amide bonds. The first-order valence-corrected chi connectivity index (χ1v) is 6.63. The van der Waals surface area contributed by atoms with Gasteiger partial charge in [-0.25, -0.2) is 9.97 Å². The summed E-state index contributed by atoms with van der Waals surface area (Å²) in [5, 5.41) is 3.38. The van der Waals surface area contributed by atoms with Crippen molar-refractivity contribution in [3.8, 4) is 0 Å². The van der Waals surface area contributed by atoms with Crippen molar-refractivity contribution in [2.24, 2.45) is 5.73 Å². The number of benzene rings is 1. The molecule has 0 spiro atoms. The molecule has 0 aliphatic heterocycles. The lowest BCUT2D eigenvalue weighted by Crippen LogP contribution is -2.31. The zero-order valence-electron chi connectivity index (χ0n) is 11.2. The van der Waals surface area contributed by atoms with E-state index in [4.69, 9.17) is 5.73 Å². The molecule has 0 bridgehead atoms. The Morgan fingerprint density at radius 2 is 2.00 bits per heavy atom. The Morgan fingerprint density at radius 3 is 2.68 bits per heavy atom. The Bertz CT molecular complexity index is 499. The molecule has 1 heterocycles. The van der Waals surface area contributed by atoms with Gasteiger partial charge >= 0.3 is 0 Å². The van der Waals surface area contributed by atoms with Crippen molar-refractivity contribution in [3.05, 3.63) is 54.0 Å². The smallest absolute Gasteiger partial charge is 0.129 e. The quantitative estimate of drug-likeness (QED) is 0.830. The molecule has 1 aromatic heterocycles. The Morgan fingerprint density at radius 1 is 1.21 bits per heavy atom. The summed E-state index contributed by atoms with van der Waals surface area (Å²) in [7, 11) is 0. The summed E-state index contributed by atoms with van der Waals surface area (Å²) in [5.74, 6) is 0.846. The van der Waals surface area contributed by atoms with E-state index in [0.29, 0.717) is 6.54 Å². The van der Waals surface area contributed by atoms with Crippen LogP contribution in [0.25, 0.3) is 0 Å². The van der Waals surface area contributed by atoms with Crippen molar-refractivity contribution in [2.45, 2.75) is 25.8 Å². The number of aromatic nitrogens is 2. The molecule has 0 aliphatic carbocycles. The maximum absolute atomic E-state index is 5.83. The monoisotopic (exact) mass is 256 g/mol. The lowest BCUT2D eigenvalue weighted by atomic mass is 10.1. The number of nitrogens with zero attached hydrogens (tertiary/aromatic N) is 2. The molecule has 0 aliphatic rings. The van der Waals surface area contributed by atoms with Crippen LogP contribution in [-0.2, 0) is 12.8 Å². The van der Waals surface area contributed by atoms with Crippen LogP contribution in [0.2, 0.25) is 0 Å². The number of nitrogens with two attached hydrogens (primary N) is 1. The van der Waals surface area contributed by atoms with Gasteiger partial charge in [-0.05, 0) is 18.4 Å². The molecule has 4 heteroatoms. The van der Waals surface area contributed by atoms with Crippen LogP contribution in [0.1, 0.15) is 18.2 Å². The molecule has 0 saturated carbocycles. The van der Waals surface area contributed by atoms with Gasteiger partial charge in [-0.3, -0.25) is 0 Å². The SMILES string of the molecule is CCc1cc(NC(CN)Cc2ccccc2)ncn1. The second-order valence-corrected chi connectivity index (χ2v) is 4.51. The Balaban J connectivity index is 2.02. The van der Waals surface area contributed by atoms with Crippen molar-refractivity contribution < 1.29 is 0 Å². The summed E-state index contributed by atoms with van der Waals surface area (Å²) in [5.41, 5.74) is 8.14. The minimum absolute atomic E-state index is 0.182. The van der Waals surface area contributed by atoms with Crippen LogP contribution in [-0.4, -0.2) is 22.6 Å². The lowest BCUT2D eigenvalue weighted by molar-refractivity contribution is 0.719. The second kappa shape index (κ2) is 6.85. The average molecular weight is 256 g/mol. The molecular weight excluding hydrogens is 236 g/mol. The van der Waals surface area contributed by atoms with Gasteiger partial charge in [0, 0.05) is 24.3 Å². The van der Waals surface area contributed by atoms with Crippen LogP contribution in [0.15, 0.2) is 42.7 Å². The maximum Gasteiger partial charge on any atom is 0.129 e. The highest BCUT2D eigenvalue weighted by Crippen LogP contribution is 2.09. The van der Waals surface area contributed by atoms with Crippen molar-refractivity contribution in [1.82, 2.24) is 9.97 Å².